The zero-order chi connectivity index (χ0) is 15.3. The largest absolute Gasteiger partial charge is 0.357 e. The van der Waals surface area contributed by atoms with E-state index in [0.29, 0.717) is 0 Å². The van der Waals surface area contributed by atoms with Crippen LogP contribution in [0.4, 0.5) is 0 Å². The molecule has 1 rings (SSSR count). The lowest BCUT2D eigenvalue weighted by molar-refractivity contribution is 0.597. The molecule has 5 nitrogen and oxygen atoms in total. The molecule has 0 aliphatic heterocycles. The Kier molecular flexibility index (Phi) is 9.00. The number of rotatable bonds is 9. The number of aromatic nitrogens is 1. The summed E-state index contributed by atoms with van der Waals surface area (Å²) in [6, 6.07) is 5.26. The van der Waals surface area contributed by atoms with E-state index in [1.165, 1.54) is 6.42 Å². The molecule has 1 aromatic heterocycles. The summed E-state index contributed by atoms with van der Waals surface area (Å²) in [6.45, 7) is 7.62. The number of aliphatic imine (C=N–C) groups is 1. The number of unbranched alkanes of at least 4 members (excludes halogenated alkanes) is 2. The standard InChI is InChI=1S/C16H28N4O/c1-3-5-11-18-16(17-4-2)19-12-7-9-14-20-13-8-6-10-15(20)21/h6,8,10,13H,3-5,7,9,11-12,14H2,1-2H3,(H2,17,18,19). The molecule has 118 valence electrons. The molecule has 5 heteroatoms. The van der Waals surface area contributed by atoms with Crippen molar-refractivity contribution >= 4 is 5.96 Å². The molecule has 0 fully saturated rings. The molecule has 0 saturated heterocycles. The summed E-state index contributed by atoms with van der Waals surface area (Å²) in [6.07, 6.45) is 6.11. The molecule has 2 N–H and O–H groups in total. The maximum Gasteiger partial charge on any atom is 0.250 e. The molecule has 0 aromatic carbocycles. The van der Waals surface area contributed by atoms with E-state index in [9.17, 15) is 4.79 Å². The van der Waals surface area contributed by atoms with Gasteiger partial charge in [-0.15, -0.1) is 0 Å². The van der Waals surface area contributed by atoms with Crippen LogP contribution in [0.15, 0.2) is 34.2 Å². The van der Waals surface area contributed by atoms with E-state index >= 15 is 0 Å². The van der Waals surface area contributed by atoms with Crippen LogP contribution in [0, 0.1) is 0 Å². The lowest BCUT2D eigenvalue weighted by atomic mass is 10.3. The summed E-state index contributed by atoms with van der Waals surface area (Å²) in [5.41, 5.74) is 0.0653. The highest BCUT2D eigenvalue weighted by Gasteiger charge is 1.97. The monoisotopic (exact) mass is 292 g/mol. The highest BCUT2D eigenvalue weighted by Crippen LogP contribution is 1.94. The predicted molar refractivity (Wildman–Crippen MR) is 88.8 cm³/mol. The first-order chi connectivity index (χ1) is 10.3. The second-order valence-electron chi connectivity index (χ2n) is 4.98. The van der Waals surface area contributed by atoms with Crippen molar-refractivity contribution in [1.82, 2.24) is 15.2 Å². The summed E-state index contributed by atoms with van der Waals surface area (Å²) in [5.74, 6) is 0.892. The second kappa shape index (κ2) is 10.9. The molecule has 1 aromatic rings. The zero-order valence-electron chi connectivity index (χ0n) is 13.3. The molecule has 1 heterocycles. The van der Waals surface area contributed by atoms with Crippen molar-refractivity contribution in [1.29, 1.82) is 0 Å². The van der Waals surface area contributed by atoms with E-state index in [0.717, 1.165) is 51.4 Å². The van der Waals surface area contributed by atoms with E-state index in [4.69, 9.17) is 0 Å². The van der Waals surface area contributed by atoms with Gasteiger partial charge in [-0.3, -0.25) is 9.79 Å². The molecule has 21 heavy (non-hydrogen) atoms. The smallest absolute Gasteiger partial charge is 0.250 e. The number of nitrogens with one attached hydrogen (secondary N) is 2. The van der Waals surface area contributed by atoms with Gasteiger partial charge in [0.05, 0.1) is 0 Å². The van der Waals surface area contributed by atoms with Crippen LogP contribution in [0.5, 0.6) is 0 Å². The van der Waals surface area contributed by atoms with Gasteiger partial charge in [-0.25, -0.2) is 0 Å². The first-order valence-corrected chi connectivity index (χ1v) is 7.95. The van der Waals surface area contributed by atoms with Crippen LogP contribution >= 0.6 is 0 Å². The minimum Gasteiger partial charge on any atom is -0.357 e. The van der Waals surface area contributed by atoms with Gasteiger partial charge in [0.2, 0.25) is 5.56 Å². The molecular formula is C16H28N4O. The Bertz CT molecular complexity index is 467. The van der Waals surface area contributed by atoms with Crippen molar-refractivity contribution in [2.45, 2.75) is 46.1 Å². The quantitative estimate of drug-likeness (QED) is 0.416. The maximum atomic E-state index is 11.5. The first kappa shape index (κ1) is 17.3. The summed E-state index contributed by atoms with van der Waals surface area (Å²) in [4.78, 5) is 16.1. The Morgan fingerprint density at radius 3 is 2.76 bits per heavy atom. The molecule has 0 atom stereocenters. The van der Waals surface area contributed by atoms with Gasteiger partial charge in [0, 0.05) is 38.4 Å². The van der Waals surface area contributed by atoms with Crippen LogP contribution in [0.2, 0.25) is 0 Å². The minimum absolute atomic E-state index is 0.0653. The highest BCUT2D eigenvalue weighted by molar-refractivity contribution is 5.79. The summed E-state index contributed by atoms with van der Waals surface area (Å²) >= 11 is 0. The number of guanidine groups is 1. The van der Waals surface area contributed by atoms with E-state index in [-0.39, 0.29) is 5.56 Å². The average Bonchev–Trinajstić information content (AvgIpc) is 2.49. The van der Waals surface area contributed by atoms with Crippen molar-refractivity contribution in [3.63, 3.8) is 0 Å². The van der Waals surface area contributed by atoms with E-state index in [2.05, 4.69) is 29.5 Å². The lowest BCUT2D eigenvalue weighted by Crippen LogP contribution is -2.37. The van der Waals surface area contributed by atoms with Crippen LogP contribution in [0.3, 0.4) is 0 Å². The Morgan fingerprint density at radius 1 is 1.19 bits per heavy atom. The second-order valence-corrected chi connectivity index (χ2v) is 4.98. The van der Waals surface area contributed by atoms with E-state index in [1.54, 1.807) is 16.7 Å². The number of pyridine rings is 1. The highest BCUT2D eigenvalue weighted by atomic mass is 16.1. The number of hydrogen-bond donors (Lipinski definition) is 2. The predicted octanol–water partition coefficient (Wildman–Crippen LogP) is 1.98. The topological polar surface area (TPSA) is 58.4 Å². The average molecular weight is 292 g/mol. The summed E-state index contributed by atoms with van der Waals surface area (Å²) < 4.78 is 1.74. The van der Waals surface area contributed by atoms with Crippen molar-refractivity contribution in [3.8, 4) is 0 Å². The molecule has 0 aliphatic rings. The molecule has 0 bridgehead atoms. The van der Waals surface area contributed by atoms with Crippen molar-refractivity contribution in [3.05, 3.63) is 34.7 Å². The number of nitrogens with zero attached hydrogens (tertiary/aromatic N) is 2. The van der Waals surface area contributed by atoms with Gasteiger partial charge in [-0.2, -0.15) is 0 Å². The Balaban J connectivity index is 2.27. The molecule has 0 radical (unpaired) electrons. The maximum absolute atomic E-state index is 11.5. The van der Waals surface area contributed by atoms with Gasteiger partial charge in [0.1, 0.15) is 0 Å². The van der Waals surface area contributed by atoms with Gasteiger partial charge in [-0.1, -0.05) is 19.4 Å². The molecule has 0 spiro atoms. The minimum atomic E-state index is 0.0653. The molecular weight excluding hydrogens is 264 g/mol. The fourth-order valence-corrected chi connectivity index (χ4v) is 1.96. The lowest BCUT2D eigenvalue weighted by Gasteiger charge is -2.10. The Morgan fingerprint density at radius 2 is 2.05 bits per heavy atom. The summed E-state index contributed by atoms with van der Waals surface area (Å²) in [7, 11) is 0. The van der Waals surface area contributed by atoms with Gasteiger partial charge < -0.3 is 15.2 Å². The Labute approximate surface area is 127 Å². The fraction of sp³-hybridized carbons (Fsp3) is 0.625. The first-order valence-electron chi connectivity index (χ1n) is 7.95. The molecule has 0 aliphatic carbocycles. The SMILES string of the molecule is CCCCNC(=NCCCCn1ccccc1=O)NCC. The van der Waals surface area contributed by atoms with Crippen molar-refractivity contribution in [2.24, 2.45) is 4.99 Å². The normalized spacial score (nSPS) is 11.4. The van der Waals surface area contributed by atoms with Crippen molar-refractivity contribution < 1.29 is 0 Å². The van der Waals surface area contributed by atoms with E-state index < -0.39 is 0 Å². The van der Waals surface area contributed by atoms with Crippen LogP contribution in [0.25, 0.3) is 0 Å². The van der Waals surface area contributed by atoms with E-state index in [1.807, 2.05) is 12.3 Å². The fourth-order valence-electron chi connectivity index (χ4n) is 1.96. The van der Waals surface area contributed by atoms with Gasteiger partial charge in [0.25, 0.3) is 0 Å². The van der Waals surface area contributed by atoms with Gasteiger partial charge >= 0.3 is 0 Å². The van der Waals surface area contributed by atoms with Crippen LogP contribution in [-0.4, -0.2) is 30.2 Å². The molecule has 0 unspecified atom stereocenters. The molecule has 0 saturated carbocycles. The third-order valence-corrected chi connectivity index (χ3v) is 3.14. The Hall–Kier alpha value is -1.78. The van der Waals surface area contributed by atoms with Crippen molar-refractivity contribution in [2.75, 3.05) is 19.6 Å². The number of aryl methyl sites for hydroxylation is 1. The van der Waals surface area contributed by atoms with Crippen LogP contribution in [0.1, 0.15) is 39.5 Å². The summed E-state index contributed by atoms with van der Waals surface area (Å²) in [5, 5.41) is 6.57. The number of hydrogen-bond acceptors (Lipinski definition) is 2. The van der Waals surface area contributed by atoms with Gasteiger partial charge in [0.15, 0.2) is 5.96 Å². The van der Waals surface area contributed by atoms with Crippen LogP contribution < -0.4 is 16.2 Å². The van der Waals surface area contributed by atoms with Gasteiger partial charge in [-0.05, 0) is 32.3 Å². The van der Waals surface area contributed by atoms with Crippen LogP contribution in [-0.2, 0) is 6.54 Å². The third-order valence-electron chi connectivity index (χ3n) is 3.14. The zero-order valence-corrected chi connectivity index (χ0v) is 13.3. The third kappa shape index (κ3) is 7.54. The molecule has 0 amide bonds.